The van der Waals surface area contributed by atoms with Gasteiger partial charge in [-0.15, -0.1) is 0 Å². The summed E-state index contributed by atoms with van der Waals surface area (Å²) < 4.78 is 9.61. The predicted octanol–water partition coefficient (Wildman–Crippen LogP) is 1.92. The van der Waals surface area contributed by atoms with Gasteiger partial charge in [-0.05, 0) is 24.1 Å². The number of carboxylic acid groups (broad SMARTS) is 1. The second-order valence-corrected chi connectivity index (χ2v) is 5.01. The Morgan fingerprint density at radius 1 is 1.21 bits per heavy atom. The zero-order valence-corrected chi connectivity index (χ0v) is 13.7. The Labute approximate surface area is 140 Å². The predicted molar refractivity (Wildman–Crippen MR) is 86.7 cm³/mol. The van der Waals surface area contributed by atoms with E-state index in [0.29, 0.717) is 17.7 Å². The number of benzene rings is 1. The van der Waals surface area contributed by atoms with Crippen LogP contribution in [0.3, 0.4) is 0 Å². The summed E-state index contributed by atoms with van der Waals surface area (Å²) in [7, 11) is 1.41. The zero-order chi connectivity index (χ0) is 17.9. The lowest BCUT2D eigenvalue weighted by molar-refractivity contribution is -0.139. The first-order valence-electron chi connectivity index (χ1n) is 7.52. The number of carbonyl (C=O) groups is 3. The second kappa shape index (κ2) is 10.2. The standard InChI is InChI=1S/C16H22N2O6/c1-3-4-9-24-16(22)18-14(15(20)21)11-5-7-12(8-6-11)17-13(19)10-23-2/h5-8,14H,3-4,9-10H2,1-2H3,(H,17,19)(H,18,22)(H,20,21). The normalized spacial score (nSPS) is 11.4. The molecule has 132 valence electrons. The van der Waals surface area contributed by atoms with Crippen LogP contribution in [0.5, 0.6) is 0 Å². The molecule has 1 rings (SSSR count). The van der Waals surface area contributed by atoms with Crippen LogP contribution in [0.4, 0.5) is 10.5 Å². The van der Waals surface area contributed by atoms with E-state index in [4.69, 9.17) is 9.47 Å². The highest BCUT2D eigenvalue weighted by Gasteiger charge is 2.22. The number of carboxylic acids is 1. The number of methoxy groups -OCH3 is 1. The van der Waals surface area contributed by atoms with Crippen molar-refractivity contribution in [2.24, 2.45) is 0 Å². The highest BCUT2D eigenvalue weighted by molar-refractivity contribution is 5.91. The number of nitrogens with one attached hydrogen (secondary N) is 2. The first-order chi connectivity index (χ1) is 11.5. The van der Waals surface area contributed by atoms with Gasteiger partial charge in [-0.25, -0.2) is 9.59 Å². The molecule has 8 heteroatoms. The molecular formula is C16H22N2O6. The summed E-state index contributed by atoms with van der Waals surface area (Å²) in [6.07, 6.45) is 0.792. The summed E-state index contributed by atoms with van der Waals surface area (Å²) in [4.78, 5) is 34.4. The Morgan fingerprint density at radius 3 is 2.42 bits per heavy atom. The molecule has 0 fully saturated rings. The minimum atomic E-state index is -1.23. The Kier molecular flexibility index (Phi) is 8.28. The van der Waals surface area contributed by atoms with E-state index in [1.54, 1.807) is 12.1 Å². The van der Waals surface area contributed by atoms with Crippen molar-refractivity contribution in [1.29, 1.82) is 0 Å². The van der Waals surface area contributed by atoms with Crippen LogP contribution in [0.2, 0.25) is 0 Å². The molecule has 0 radical (unpaired) electrons. The fraction of sp³-hybridized carbons (Fsp3) is 0.438. The van der Waals surface area contributed by atoms with Crippen molar-refractivity contribution in [2.45, 2.75) is 25.8 Å². The fourth-order valence-electron chi connectivity index (χ4n) is 1.84. The molecule has 0 heterocycles. The van der Waals surface area contributed by atoms with Gasteiger partial charge < -0.3 is 25.2 Å². The molecule has 0 aromatic heterocycles. The molecule has 1 aromatic rings. The van der Waals surface area contributed by atoms with Crippen LogP contribution < -0.4 is 10.6 Å². The molecule has 1 atom stereocenters. The van der Waals surface area contributed by atoms with E-state index < -0.39 is 18.1 Å². The molecule has 0 spiro atoms. The highest BCUT2D eigenvalue weighted by atomic mass is 16.5. The third-order valence-electron chi connectivity index (χ3n) is 3.04. The topological polar surface area (TPSA) is 114 Å². The third kappa shape index (κ3) is 6.66. The van der Waals surface area contributed by atoms with Gasteiger partial charge in [0.1, 0.15) is 6.61 Å². The molecule has 0 saturated carbocycles. The van der Waals surface area contributed by atoms with Gasteiger partial charge in [0.15, 0.2) is 6.04 Å². The minimum Gasteiger partial charge on any atom is -0.479 e. The molecule has 3 N–H and O–H groups in total. The number of alkyl carbamates (subject to hydrolysis) is 1. The van der Waals surface area contributed by atoms with E-state index in [1.807, 2.05) is 6.92 Å². The summed E-state index contributed by atoms with van der Waals surface area (Å²) in [6, 6.07) is 4.87. The van der Waals surface area contributed by atoms with Gasteiger partial charge in [-0.2, -0.15) is 0 Å². The first kappa shape index (κ1) is 19.4. The number of hydrogen-bond acceptors (Lipinski definition) is 5. The van der Waals surface area contributed by atoms with E-state index in [-0.39, 0.29) is 19.1 Å². The zero-order valence-electron chi connectivity index (χ0n) is 13.7. The van der Waals surface area contributed by atoms with Crippen molar-refractivity contribution in [1.82, 2.24) is 5.32 Å². The van der Waals surface area contributed by atoms with Crippen molar-refractivity contribution in [3.63, 3.8) is 0 Å². The number of amides is 2. The number of anilines is 1. The summed E-state index contributed by atoms with van der Waals surface area (Å²) in [5.41, 5.74) is 0.857. The second-order valence-electron chi connectivity index (χ2n) is 5.01. The summed E-state index contributed by atoms with van der Waals surface area (Å²) >= 11 is 0. The number of rotatable bonds is 9. The lowest BCUT2D eigenvalue weighted by Gasteiger charge is -2.15. The van der Waals surface area contributed by atoms with E-state index in [1.165, 1.54) is 19.2 Å². The maximum Gasteiger partial charge on any atom is 0.408 e. The summed E-state index contributed by atoms with van der Waals surface area (Å²) in [5.74, 6) is -1.53. The Bertz CT molecular complexity index is 558. The van der Waals surface area contributed by atoms with Gasteiger partial charge in [-0.1, -0.05) is 25.5 Å². The molecular weight excluding hydrogens is 316 g/mol. The maximum atomic E-state index is 11.6. The SMILES string of the molecule is CCCCOC(=O)NC(C(=O)O)c1ccc(NC(=O)COC)cc1. The quantitative estimate of drug-likeness (QED) is 0.593. The minimum absolute atomic E-state index is 0.0787. The van der Waals surface area contributed by atoms with Crippen molar-refractivity contribution in [3.05, 3.63) is 29.8 Å². The smallest absolute Gasteiger partial charge is 0.408 e. The number of carbonyl (C=O) groups excluding carboxylic acids is 2. The van der Waals surface area contributed by atoms with Crippen LogP contribution in [0.15, 0.2) is 24.3 Å². The fourth-order valence-corrected chi connectivity index (χ4v) is 1.84. The molecule has 0 saturated heterocycles. The largest absolute Gasteiger partial charge is 0.479 e. The van der Waals surface area contributed by atoms with E-state index in [2.05, 4.69) is 10.6 Å². The van der Waals surface area contributed by atoms with Crippen LogP contribution >= 0.6 is 0 Å². The first-order valence-corrected chi connectivity index (χ1v) is 7.52. The van der Waals surface area contributed by atoms with Crippen LogP contribution in [-0.2, 0) is 19.1 Å². The van der Waals surface area contributed by atoms with Crippen molar-refractivity contribution >= 4 is 23.7 Å². The lowest BCUT2D eigenvalue weighted by atomic mass is 10.1. The molecule has 0 aliphatic rings. The molecule has 8 nitrogen and oxygen atoms in total. The molecule has 0 aliphatic heterocycles. The average Bonchev–Trinajstić information content (AvgIpc) is 2.54. The van der Waals surface area contributed by atoms with Crippen LogP contribution in [0.1, 0.15) is 31.4 Å². The molecule has 0 bridgehead atoms. The molecule has 24 heavy (non-hydrogen) atoms. The van der Waals surface area contributed by atoms with Crippen molar-refractivity contribution < 1.29 is 29.0 Å². The van der Waals surface area contributed by atoms with Gasteiger partial charge in [0.25, 0.3) is 0 Å². The average molecular weight is 338 g/mol. The van der Waals surface area contributed by atoms with Gasteiger partial charge in [0, 0.05) is 12.8 Å². The summed E-state index contributed by atoms with van der Waals surface area (Å²) in [5, 5.41) is 14.2. The monoisotopic (exact) mass is 338 g/mol. The van der Waals surface area contributed by atoms with Gasteiger partial charge in [-0.3, -0.25) is 4.79 Å². The number of unbranched alkanes of at least 4 members (excludes halogenated alkanes) is 1. The van der Waals surface area contributed by atoms with Crippen molar-refractivity contribution in [3.8, 4) is 0 Å². The summed E-state index contributed by atoms with van der Waals surface area (Å²) in [6.45, 7) is 2.11. The van der Waals surface area contributed by atoms with E-state index >= 15 is 0 Å². The van der Waals surface area contributed by atoms with Gasteiger partial charge in [0.05, 0.1) is 6.61 Å². The Morgan fingerprint density at radius 2 is 1.88 bits per heavy atom. The maximum absolute atomic E-state index is 11.6. The van der Waals surface area contributed by atoms with E-state index in [0.717, 1.165) is 6.42 Å². The molecule has 1 unspecified atom stereocenters. The Hall–Kier alpha value is -2.61. The number of aliphatic carboxylic acids is 1. The van der Waals surface area contributed by atoms with Crippen molar-refractivity contribution in [2.75, 3.05) is 25.6 Å². The molecule has 1 aromatic carbocycles. The van der Waals surface area contributed by atoms with Crippen LogP contribution in [0, 0.1) is 0 Å². The number of hydrogen-bond donors (Lipinski definition) is 3. The van der Waals surface area contributed by atoms with Gasteiger partial charge >= 0.3 is 12.1 Å². The Balaban J connectivity index is 2.70. The van der Waals surface area contributed by atoms with Gasteiger partial charge in [0.2, 0.25) is 5.91 Å². The lowest BCUT2D eigenvalue weighted by Crippen LogP contribution is -2.34. The third-order valence-corrected chi connectivity index (χ3v) is 3.04. The number of ether oxygens (including phenoxy) is 2. The molecule has 2 amide bonds. The van der Waals surface area contributed by atoms with E-state index in [9.17, 15) is 19.5 Å². The highest BCUT2D eigenvalue weighted by Crippen LogP contribution is 2.17. The molecule has 0 aliphatic carbocycles. The van der Waals surface area contributed by atoms with Crippen LogP contribution in [-0.4, -0.2) is 43.4 Å². The van der Waals surface area contributed by atoms with Crippen LogP contribution in [0.25, 0.3) is 0 Å².